The van der Waals surface area contributed by atoms with Crippen LogP contribution in [0.5, 0.6) is 0 Å². The fraction of sp³-hybridized carbons (Fsp3) is 0.346. The van der Waals surface area contributed by atoms with E-state index < -0.39 is 23.3 Å². The summed E-state index contributed by atoms with van der Waals surface area (Å²) in [6.07, 6.45) is 2.68. The number of pyridine rings is 1. The van der Waals surface area contributed by atoms with E-state index in [1.807, 2.05) is 13.0 Å². The number of rotatable bonds is 7. The van der Waals surface area contributed by atoms with Gasteiger partial charge < -0.3 is 10.2 Å². The SMILES string of the molecule is CCC1=C(Cl)c2c(nc(Sc3cnc4nccnc4c3)nc2N2CC(CNC(=O)c3cn(C)nc3C(F)(F)F)C2)C1. The van der Waals surface area contributed by atoms with Gasteiger partial charge in [0.15, 0.2) is 16.5 Å². The maximum Gasteiger partial charge on any atom is 0.435 e. The smallest absolute Gasteiger partial charge is 0.355 e. The molecule has 1 N–H and O–H groups in total. The van der Waals surface area contributed by atoms with Gasteiger partial charge in [-0.05, 0) is 29.8 Å². The zero-order chi connectivity index (χ0) is 28.9. The number of nitrogens with zero attached hydrogens (tertiary/aromatic N) is 8. The molecule has 0 unspecified atom stereocenters. The number of hydrogen-bond acceptors (Lipinski definition) is 9. The van der Waals surface area contributed by atoms with E-state index in [1.165, 1.54) is 18.8 Å². The molecular formula is C26H23ClF3N9OS. The van der Waals surface area contributed by atoms with Crippen LogP contribution in [-0.4, -0.2) is 60.2 Å². The van der Waals surface area contributed by atoms with E-state index in [0.717, 1.165) is 39.0 Å². The Morgan fingerprint density at radius 2 is 1.98 bits per heavy atom. The Hall–Kier alpha value is -3.78. The van der Waals surface area contributed by atoms with Gasteiger partial charge in [-0.3, -0.25) is 14.5 Å². The van der Waals surface area contributed by atoms with E-state index in [0.29, 0.717) is 46.7 Å². The van der Waals surface area contributed by atoms with Gasteiger partial charge >= 0.3 is 6.18 Å². The van der Waals surface area contributed by atoms with Gasteiger partial charge in [-0.25, -0.2) is 19.9 Å². The minimum atomic E-state index is -4.72. The van der Waals surface area contributed by atoms with Crippen molar-refractivity contribution in [3.63, 3.8) is 0 Å². The molecule has 212 valence electrons. The standard InChI is InChI=1S/C26H23ClF3N9OS/c1-3-14-6-17-19(20(14)27)23(36-25(35-17)41-15-7-18-22(33-9-15)32-5-4-31-18)39-10-13(11-39)8-34-24(40)16-12-38(2)37-21(16)26(28,29)30/h4-5,7,9,12-13H,3,6,8,10-11H2,1-2H3,(H,34,40). The van der Waals surface area contributed by atoms with Crippen molar-refractivity contribution in [2.24, 2.45) is 13.0 Å². The molecule has 0 atom stereocenters. The lowest BCUT2D eigenvalue weighted by molar-refractivity contribution is -0.141. The molecule has 0 spiro atoms. The van der Waals surface area contributed by atoms with Crippen LogP contribution in [-0.2, 0) is 19.6 Å². The topological polar surface area (TPSA) is 115 Å². The fourth-order valence-electron chi connectivity index (χ4n) is 4.90. The Kier molecular flexibility index (Phi) is 7.06. The quantitative estimate of drug-likeness (QED) is 0.306. The molecule has 4 aromatic heterocycles. The van der Waals surface area contributed by atoms with Crippen molar-refractivity contribution in [2.75, 3.05) is 24.5 Å². The zero-order valence-electron chi connectivity index (χ0n) is 21.9. The number of hydrogen-bond donors (Lipinski definition) is 1. The molecule has 1 fully saturated rings. The largest absolute Gasteiger partial charge is 0.435 e. The van der Waals surface area contributed by atoms with Crippen LogP contribution in [0.1, 0.15) is 40.7 Å². The number of aromatic nitrogens is 7. The van der Waals surface area contributed by atoms with Crippen LogP contribution in [0.2, 0.25) is 0 Å². The molecule has 1 aliphatic heterocycles. The average Bonchev–Trinajstić information content (AvgIpc) is 3.47. The molecule has 1 saturated heterocycles. The lowest BCUT2D eigenvalue weighted by Crippen LogP contribution is -2.52. The van der Waals surface area contributed by atoms with Crippen molar-refractivity contribution in [1.29, 1.82) is 0 Å². The second kappa shape index (κ2) is 10.6. The van der Waals surface area contributed by atoms with E-state index in [4.69, 9.17) is 21.6 Å². The molecule has 0 bridgehead atoms. The first-order valence-corrected chi connectivity index (χ1v) is 14.0. The van der Waals surface area contributed by atoms with Crippen molar-refractivity contribution in [1.82, 2.24) is 40.0 Å². The minimum Gasteiger partial charge on any atom is -0.355 e. The highest BCUT2D eigenvalue weighted by atomic mass is 35.5. The molecule has 15 heteroatoms. The van der Waals surface area contributed by atoms with Crippen molar-refractivity contribution < 1.29 is 18.0 Å². The molecule has 0 saturated carbocycles. The fourth-order valence-corrected chi connectivity index (χ4v) is 6.07. The number of carbonyl (C=O) groups is 1. The summed E-state index contributed by atoms with van der Waals surface area (Å²) in [6, 6.07) is 1.88. The van der Waals surface area contributed by atoms with Gasteiger partial charge in [0.05, 0.1) is 21.9 Å². The van der Waals surface area contributed by atoms with Gasteiger partial charge in [-0.1, -0.05) is 18.5 Å². The predicted molar refractivity (Wildman–Crippen MR) is 147 cm³/mol. The van der Waals surface area contributed by atoms with Gasteiger partial charge in [-0.15, -0.1) is 0 Å². The molecule has 0 aromatic carbocycles. The van der Waals surface area contributed by atoms with Gasteiger partial charge in [0.25, 0.3) is 5.91 Å². The van der Waals surface area contributed by atoms with Crippen LogP contribution in [0.4, 0.5) is 19.0 Å². The second-order valence-electron chi connectivity index (χ2n) is 9.82. The number of carbonyl (C=O) groups excluding carboxylic acids is 1. The zero-order valence-corrected chi connectivity index (χ0v) is 23.5. The summed E-state index contributed by atoms with van der Waals surface area (Å²) >= 11 is 8.13. The summed E-state index contributed by atoms with van der Waals surface area (Å²) in [7, 11) is 1.34. The van der Waals surface area contributed by atoms with E-state index in [-0.39, 0.29) is 12.5 Å². The lowest BCUT2D eigenvalue weighted by atomic mass is 9.99. The molecule has 2 aliphatic rings. The molecule has 10 nitrogen and oxygen atoms in total. The van der Waals surface area contributed by atoms with Crippen molar-refractivity contribution in [3.05, 3.63) is 58.9 Å². The summed E-state index contributed by atoms with van der Waals surface area (Å²) < 4.78 is 40.8. The van der Waals surface area contributed by atoms with Crippen LogP contribution in [0.25, 0.3) is 16.2 Å². The number of halogens is 4. The summed E-state index contributed by atoms with van der Waals surface area (Å²) in [5, 5.41) is 7.22. The number of anilines is 1. The summed E-state index contributed by atoms with van der Waals surface area (Å²) in [5.41, 5.74) is 2.26. The highest BCUT2D eigenvalue weighted by Gasteiger charge is 2.39. The number of nitrogens with one attached hydrogen (secondary N) is 1. The van der Waals surface area contributed by atoms with Crippen molar-refractivity contribution in [2.45, 2.75) is 36.0 Å². The molecule has 5 heterocycles. The highest BCUT2D eigenvalue weighted by molar-refractivity contribution is 7.99. The van der Waals surface area contributed by atoms with Crippen LogP contribution >= 0.6 is 23.4 Å². The molecule has 1 aliphatic carbocycles. The monoisotopic (exact) mass is 601 g/mol. The Morgan fingerprint density at radius 3 is 2.73 bits per heavy atom. The summed E-state index contributed by atoms with van der Waals surface area (Å²) in [5.74, 6) is -0.0869. The van der Waals surface area contributed by atoms with Gasteiger partial charge in [0.2, 0.25) is 0 Å². The van der Waals surface area contributed by atoms with Crippen LogP contribution in [0, 0.1) is 5.92 Å². The van der Waals surface area contributed by atoms with Crippen molar-refractivity contribution >= 4 is 51.3 Å². The van der Waals surface area contributed by atoms with Crippen molar-refractivity contribution in [3.8, 4) is 0 Å². The number of aryl methyl sites for hydroxylation is 1. The Bertz CT molecular complexity index is 1700. The van der Waals surface area contributed by atoms with Gasteiger partial charge in [0.1, 0.15) is 11.3 Å². The van der Waals surface area contributed by atoms with Crippen LogP contribution < -0.4 is 10.2 Å². The van der Waals surface area contributed by atoms with Crippen LogP contribution in [0.3, 0.4) is 0 Å². The third kappa shape index (κ3) is 5.33. The van der Waals surface area contributed by atoms with E-state index in [2.05, 4.69) is 30.3 Å². The first kappa shape index (κ1) is 27.4. The second-order valence-corrected chi connectivity index (χ2v) is 11.2. The Morgan fingerprint density at radius 1 is 1.20 bits per heavy atom. The predicted octanol–water partition coefficient (Wildman–Crippen LogP) is 4.50. The summed E-state index contributed by atoms with van der Waals surface area (Å²) in [6.45, 7) is 3.35. The molecular weight excluding hydrogens is 579 g/mol. The highest BCUT2D eigenvalue weighted by Crippen LogP contribution is 2.44. The normalized spacial score (nSPS) is 15.4. The maximum atomic E-state index is 13.3. The average molecular weight is 602 g/mol. The van der Waals surface area contributed by atoms with Crippen LogP contribution in [0.15, 0.2) is 46.5 Å². The number of fused-ring (bicyclic) bond motifs is 2. The van der Waals surface area contributed by atoms with Gasteiger partial charge in [-0.2, -0.15) is 18.3 Å². The third-order valence-electron chi connectivity index (χ3n) is 6.94. The maximum absolute atomic E-state index is 13.3. The molecule has 6 rings (SSSR count). The molecule has 4 aromatic rings. The molecule has 1 amide bonds. The first-order valence-electron chi connectivity index (χ1n) is 12.8. The van der Waals surface area contributed by atoms with E-state index in [1.54, 1.807) is 18.6 Å². The Labute approximate surface area is 241 Å². The number of amides is 1. The van der Waals surface area contributed by atoms with Gasteiger partial charge in [0, 0.05) is 68.7 Å². The lowest BCUT2D eigenvalue weighted by Gasteiger charge is -2.41. The van der Waals surface area contributed by atoms with E-state index >= 15 is 0 Å². The van der Waals surface area contributed by atoms with E-state index in [9.17, 15) is 18.0 Å². The number of allylic oxidation sites excluding steroid dienone is 1. The Balaban J connectivity index is 1.18. The first-order chi connectivity index (χ1) is 19.6. The minimum absolute atomic E-state index is 0.0183. The summed E-state index contributed by atoms with van der Waals surface area (Å²) in [4.78, 5) is 38.0. The third-order valence-corrected chi connectivity index (χ3v) is 8.22. The molecule has 41 heavy (non-hydrogen) atoms. The molecule has 0 radical (unpaired) electrons. The number of alkyl halides is 3.